The molecule has 1 aromatic heterocycles. The van der Waals surface area contributed by atoms with Crippen LogP contribution in [0, 0.1) is 5.82 Å². The monoisotopic (exact) mass is 231 g/mol. The van der Waals surface area contributed by atoms with Crippen LogP contribution in [0.2, 0.25) is 0 Å². The van der Waals surface area contributed by atoms with Crippen LogP contribution in [0.15, 0.2) is 53.8 Å². The first kappa shape index (κ1) is 11.2. The molecule has 2 rings (SSSR count). The third kappa shape index (κ3) is 2.64. The summed E-state index contributed by atoms with van der Waals surface area (Å²) in [4.78, 5) is 7.88. The molecule has 0 bridgehead atoms. The second kappa shape index (κ2) is 5.18. The van der Waals surface area contributed by atoms with Gasteiger partial charge >= 0.3 is 0 Å². The summed E-state index contributed by atoms with van der Waals surface area (Å²) in [5, 5.41) is 9.00. The van der Waals surface area contributed by atoms with Crippen molar-refractivity contribution in [1.29, 1.82) is 0 Å². The van der Waals surface area contributed by atoms with E-state index in [4.69, 9.17) is 5.21 Å². The van der Waals surface area contributed by atoms with Gasteiger partial charge in [0.2, 0.25) is 0 Å². The van der Waals surface area contributed by atoms with Crippen molar-refractivity contribution in [2.45, 2.75) is 0 Å². The van der Waals surface area contributed by atoms with Crippen LogP contribution in [-0.2, 0) is 0 Å². The van der Waals surface area contributed by atoms with Crippen molar-refractivity contribution in [1.82, 2.24) is 10.5 Å². The molecule has 0 atom stereocenters. The summed E-state index contributed by atoms with van der Waals surface area (Å²) in [6, 6.07) is 9.46. The number of pyridine rings is 1. The van der Waals surface area contributed by atoms with E-state index in [1.165, 1.54) is 18.3 Å². The highest BCUT2D eigenvalue weighted by Crippen LogP contribution is 2.17. The fraction of sp³-hybridized carbons (Fsp3) is 0. The summed E-state index contributed by atoms with van der Waals surface area (Å²) in [5.41, 5.74) is 2.65. The first-order valence-corrected chi connectivity index (χ1v) is 4.95. The molecule has 0 radical (unpaired) electrons. The van der Waals surface area contributed by atoms with Gasteiger partial charge < -0.3 is 0 Å². The number of para-hydroxylation sites is 1. The van der Waals surface area contributed by atoms with E-state index >= 15 is 0 Å². The lowest BCUT2D eigenvalue weighted by Crippen LogP contribution is -2.20. The van der Waals surface area contributed by atoms with Crippen molar-refractivity contribution in [2.75, 3.05) is 0 Å². The van der Waals surface area contributed by atoms with Crippen LogP contribution in [0.5, 0.6) is 0 Å². The molecule has 0 aliphatic rings. The van der Waals surface area contributed by atoms with Crippen LogP contribution in [0.4, 0.5) is 10.1 Å². The summed E-state index contributed by atoms with van der Waals surface area (Å²) in [6.45, 7) is 0. The van der Waals surface area contributed by atoms with Crippen LogP contribution in [0.3, 0.4) is 0 Å². The predicted molar refractivity (Wildman–Crippen MR) is 61.8 cm³/mol. The molecule has 0 aliphatic heterocycles. The number of benzene rings is 1. The Morgan fingerprint density at radius 2 is 2.06 bits per heavy atom. The zero-order valence-corrected chi connectivity index (χ0v) is 8.84. The minimum Gasteiger partial charge on any atom is -0.290 e. The van der Waals surface area contributed by atoms with Crippen molar-refractivity contribution >= 4 is 11.5 Å². The minimum absolute atomic E-state index is 0.142. The SMILES string of the molecule is ONC(=Nc1ccccc1F)c1cccnc1. The highest BCUT2D eigenvalue weighted by atomic mass is 19.1. The van der Waals surface area contributed by atoms with Gasteiger partial charge in [0.05, 0.1) is 0 Å². The molecule has 5 heteroatoms. The molecule has 1 aromatic carbocycles. The number of halogens is 1. The van der Waals surface area contributed by atoms with Crippen molar-refractivity contribution in [3.63, 3.8) is 0 Å². The molecule has 2 N–H and O–H groups in total. The maximum absolute atomic E-state index is 13.4. The fourth-order valence-electron chi connectivity index (χ4n) is 1.32. The van der Waals surface area contributed by atoms with Crippen LogP contribution in [0.25, 0.3) is 0 Å². The van der Waals surface area contributed by atoms with E-state index in [-0.39, 0.29) is 11.5 Å². The highest BCUT2D eigenvalue weighted by Gasteiger charge is 2.04. The Kier molecular flexibility index (Phi) is 3.42. The van der Waals surface area contributed by atoms with Crippen LogP contribution < -0.4 is 5.48 Å². The molecule has 0 aliphatic carbocycles. The molecule has 86 valence electrons. The molecule has 4 nitrogen and oxygen atoms in total. The Labute approximate surface area is 97.4 Å². The van der Waals surface area contributed by atoms with Gasteiger partial charge in [-0.2, -0.15) is 0 Å². The van der Waals surface area contributed by atoms with E-state index in [0.29, 0.717) is 5.56 Å². The number of aromatic nitrogens is 1. The number of aliphatic imine (C=N–C) groups is 1. The number of hydrogen-bond acceptors (Lipinski definition) is 3. The molecule has 1 heterocycles. The Balaban J connectivity index is 2.40. The van der Waals surface area contributed by atoms with Crippen molar-refractivity contribution in [3.05, 3.63) is 60.2 Å². The van der Waals surface area contributed by atoms with Gasteiger partial charge in [0.25, 0.3) is 0 Å². The first-order chi connectivity index (χ1) is 8.31. The molecule has 0 saturated carbocycles. The topological polar surface area (TPSA) is 57.5 Å². The third-order valence-corrected chi connectivity index (χ3v) is 2.13. The van der Waals surface area contributed by atoms with Crippen LogP contribution in [-0.4, -0.2) is 16.0 Å². The van der Waals surface area contributed by atoms with E-state index in [0.717, 1.165) is 0 Å². The summed E-state index contributed by atoms with van der Waals surface area (Å²) in [6.07, 6.45) is 3.12. The van der Waals surface area contributed by atoms with Gasteiger partial charge in [-0.05, 0) is 24.3 Å². The van der Waals surface area contributed by atoms with E-state index in [1.54, 1.807) is 30.5 Å². The van der Waals surface area contributed by atoms with Crippen molar-refractivity contribution < 1.29 is 9.60 Å². The Bertz CT molecular complexity index is 528. The van der Waals surface area contributed by atoms with Gasteiger partial charge in [0, 0.05) is 18.0 Å². The summed E-state index contributed by atoms with van der Waals surface area (Å²) in [7, 11) is 0. The molecule has 2 aromatic rings. The Hall–Kier alpha value is -2.27. The summed E-state index contributed by atoms with van der Waals surface area (Å²) < 4.78 is 13.4. The van der Waals surface area contributed by atoms with E-state index in [2.05, 4.69) is 9.98 Å². The number of nitrogens with one attached hydrogen (secondary N) is 1. The molecule has 0 fully saturated rings. The smallest absolute Gasteiger partial charge is 0.159 e. The third-order valence-electron chi connectivity index (χ3n) is 2.13. The summed E-state index contributed by atoms with van der Waals surface area (Å²) in [5.74, 6) is -0.313. The molecule has 0 amide bonds. The lowest BCUT2D eigenvalue weighted by Gasteiger charge is -2.04. The van der Waals surface area contributed by atoms with Crippen molar-refractivity contribution in [2.24, 2.45) is 4.99 Å². The minimum atomic E-state index is -0.454. The van der Waals surface area contributed by atoms with Gasteiger partial charge in [0.15, 0.2) is 5.84 Å². The molecular weight excluding hydrogens is 221 g/mol. The van der Waals surface area contributed by atoms with Crippen LogP contribution >= 0.6 is 0 Å². The van der Waals surface area contributed by atoms with Gasteiger partial charge in [-0.1, -0.05) is 12.1 Å². The molecule has 0 spiro atoms. The Morgan fingerprint density at radius 3 is 2.71 bits per heavy atom. The number of hydrogen-bond donors (Lipinski definition) is 2. The lowest BCUT2D eigenvalue weighted by molar-refractivity contribution is 0.235. The zero-order valence-electron chi connectivity index (χ0n) is 8.84. The van der Waals surface area contributed by atoms with Gasteiger partial charge in [-0.3, -0.25) is 15.7 Å². The molecule has 0 saturated heterocycles. The average molecular weight is 231 g/mol. The predicted octanol–water partition coefficient (Wildman–Crippen LogP) is 2.28. The quantitative estimate of drug-likeness (QED) is 0.473. The fourth-order valence-corrected chi connectivity index (χ4v) is 1.32. The normalized spacial score (nSPS) is 11.3. The van der Waals surface area contributed by atoms with Crippen molar-refractivity contribution in [3.8, 4) is 0 Å². The van der Waals surface area contributed by atoms with E-state index in [1.807, 2.05) is 5.48 Å². The second-order valence-electron chi connectivity index (χ2n) is 3.27. The molecule has 17 heavy (non-hydrogen) atoms. The Morgan fingerprint density at radius 1 is 1.24 bits per heavy atom. The zero-order chi connectivity index (χ0) is 12.1. The first-order valence-electron chi connectivity index (χ1n) is 4.95. The lowest BCUT2D eigenvalue weighted by atomic mass is 10.2. The van der Waals surface area contributed by atoms with Gasteiger partial charge in [-0.25, -0.2) is 9.38 Å². The maximum atomic E-state index is 13.4. The number of nitrogens with zero attached hydrogens (tertiary/aromatic N) is 2. The van der Waals surface area contributed by atoms with E-state index in [9.17, 15) is 4.39 Å². The maximum Gasteiger partial charge on any atom is 0.159 e. The van der Waals surface area contributed by atoms with Gasteiger partial charge in [-0.15, -0.1) is 0 Å². The molecule has 0 unspecified atom stereocenters. The summed E-state index contributed by atoms with van der Waals surface area (Å²) >= 11 is 0. The van der Waals surface area contributed by atoms with Gasteiger partial charge in [0.1, 0.15) is 11.5 Å². The standard InChI is InChI=1S/C12H10FN3O/c13-10-5-1-2-6-11(10)15-12(16-17)9-4-3-7-14-8-9/h1-8,17H,(H,15,16). The number of amidine groups is 1. The van der Waals surface area contributed by atoms with E-state index < -0.39 is 5.82 Å². The second-order valence-corrected chi connectivity index (χ2v) is 3.27. The number of hydroxylamine groups is 1. The largest absolute Gasteiger partial charge is 0.290 e. The number of rotatable bonds is 2. The van der Waals surface area contributed by atoms with Crippen LogP contribution in [0.1, 0.15) is 5.56 Å². The average Bonchev–Trinajstić information content (AvgIpc) is 2.39. The highest BCUT2D eigenvalue weighted by molar-refractivity contribution is 5.99. The molecular formula is C12H10FN3O.